The molecule has 0 heterocycles. The molecule has 1 atom stereocenters. The fraction of sp³-hybridized carbons (Fsp3) is 0.300. The largest absolute Gasteiger partial charge is 0.455 e. The van der Waals surface area contributed by atoms with Crippen molar-refractivity contribution in [3.8, 4) is 0 Å². The Morgan fingerprint density at radius 2 is 1.80 bits per heavy atom. The van der Waals surface area contributed by atoms with Crippen molar-refractivity contribution in [2.75, 3.05) is 12.4 Å². The molecule has 2 aromatic carbocycles. The molecule has 0 unspecified atom stereocenters. The lowest BCUT2D eigenvalue weighted by atomic mass is 10.1. The highest BCUT2D eigenvalue weighted by Crippen LogP contribution is 2.21. The van der Waals surface area contributed by atoms with E-state index in [1.807, 2.05) is 69.3 Å². The first-order valence-electron chi connectivity index (χ1n) is 8.15. The van der Waals surface area contributed by atoms with Crippen LogP contribution in [-0.2, 0) is 14.3 Å². The molecule has 0 radical (unpaired) electrons. The van der Waals surface area contributed by atoms with Crippen LogP contribution in [0.5, 0.6) is 0 Å². The summed E-state index contributed by atoms with van der Waals surface area (Å²) in [4.78, 5) is 24.7. The minimum absolute atomic E-state index is 0.127. The van der Waals surface area contributed by atoms with E-state index < -0.39 is 5.97 Å². The van der Waals surface area contributed by atoms with Crippen LogP contribution in [-0.4, -0.2) is 24.2 Å². The summed E-state index contributed by atoms with van der Waals surface area (Å²) >= 11 is 1.41. The molecule has 2 rings (SSSR count). The van der Waals surface area contributed by atoms with Crippen LogP contribution < -0.4 is 5.32 Å². The first-order chi connectivity index (χ1) is 12.0. The maximum absolute atomic E-state index is 11.9. The highest BCUT2D eigenvalue weighted by Gasteiger charge is 2.12. The molecule has 5 heteroatoms. The molecule has 0 saturated carbocycles. The predicted octanol–water partition coefficient (Wildman–Crippen LogP) is 3.82. The van der Waals surface area contributed by atoms with Crippen LogP contribution in [0, 0.1) is 13.8 Å². The Kier molecular flexibility index (Phi) is 7.07. The van der Waals surface area contributed by atoms with Crippen LogP contribution in [0.4, 0.5) is 0 Å². The molecule has 0 spiro atoms. The van der Waals surface area contributed by atoms with E-state index in [9.17, 15) is 9.59 Å². The fourth-order valence-electron chi connectivity index (χ4n) is 2.24. The van der Waals surface area contributed by atoms with Gasteiger partial charge in [0.25, 0.3) is 5.91 Å². The molecule has 1 amide bonds. The zero-order valence-corrected chi connectivity index (χ0v) is 15.6. The van der Waals surface area contributed by atoms with Crippen LogP contribution >= 0.6 is 11.8 Å². The fourth-order valence-corrected chi connectivity index (χ4v) is 3.03. The molecule has 0 saturated heterocycles. The molecule has 0 aliphatic carbocycles. The topological polar surface area (TPSA) is 55.4 Å². The van der Waals surface area contributed by atoms with Crippen molar-refractivity contribution in [2.45, 2.75) is 31.7 Å². The van der Waals surface area contributed by atoms with Crippen LogP contribution in [0.15, 0.2) is 53.4 Å². The number of benzene rings is 2. The maximum atomic E-state index is 11.9. The second-order valence-electron chi connectivity index (χ2n) is 5.90. The molecule has 4 nitrogen and oxygen atoms in total. The average molecular weight is 357 g/mol. The van der Waals surface area contributed by atoms with Gasteiger partial charge in [0, 0.05) is 4.90 Å². The van der Waals surface area contributed by atoms with Crippen LogP contribution in [0.1, 0.15) is 29.7 Å². The summed E-state index contributed by atoms with van der Waals surface area (Å²) < 4.78 is 5.04. The van der Waals surface area contributed by atoms with Gasteiger partial charge >= 0.3 is 5.97 Å². The first kappa shape index (κ1) is 19.1. The number of amides is 1. The second kappa shape index (κ2) is 9.28. The third kappa shape index (κ3) is 6.27. The third-order valence-electron chi connectivity index (χ3n) is 3.88. The van der Waals surface area contributed by atoms with Gasteiger partial charge in [0.1, 0.15) is 0 Å². The molecule has 0 fully saturated rings. The van der Waals surface area contributed by atoms with Gasteiger partial charge in [-0.25, -0.2) is 0 Å². The van der Waals surface area contributed by atoms with Gasteiger partial charge in [0.05, 0.1) is 11.8 Å². The van der Waals surface area contributed by atoms with Crippen molar-refractivity contribution in [3.63, 3.8) is 0 Å². The molecule has 0 aromatic heterocycles. The second-order valence-corrected chi connectivity index (χ2v) is 6.94. The zero-order valence-electron chi connectivity index (χ0n) is 14.7. The third-order valence-corrected chi connectivity index (χ3v) is 4.84. The van der Waals surface area contributed by atoms with Crippen LogP contribution in [0.25, 0.3) is 0 Å². The number of carbonyl (C=O) groups is 2. The maximum Gasteiger partial charge on any atom is 0.316 e. The summed E-state index contributed by atoms with van der Waals surface area (Å²) in [5, 5.41) is 2.82. The van der Waals surface area contributed by atoms with Crippen LogP contribution in [0.2, 0.25) is 0 Å². The van der Waals surface area contributed by atoms with E-state index in [-0.39, 0.29) is 24.3 Å². The predicted molar refractivity (Wildman–Crippen MR) is 101 cm³/mol. The van der Waals surface area contributed by atoms with E-state index in [1.165, 1.54) is 22.9 Å². The van der Waals surface area contributed by atoms with Gasteiger partial charge in [-0.05, 0) is 49.6 Å². The zero-order chi connectivity index (χ0) is 18.2. The molecule has 0 bridgehead atoms. The number of thioether (sulfide) groups is 1. The number of rotatable bonds is 7. The Hall–Kier alpha value is -2.27. The highest BCUT2D eigenvalue weighted by atomic mass is 32.2. The minimum Gasteiger partial charge on any atom is -0.455 e. The van der Waals surface area contributed by atoms with E-state index in [2.05, 4.69) is 5.32 Å². The van der Waals surface area contributed by atoms with Gasteiger partial charge in [-0.15, -0.1) is 11.8 Å². The summed E-state index contributed by atoms with van der Waals surface area (Å²) in [5.41, 5.74) is 3.41. The summed E-state index contributed by atoms with van der Waals surface area (Å²) in [6.07, 6.45) is 0. The van der Waals surface area contributed by atoms with Gasteiger partial charge in [-0.3, -0.25) is 9.59 Å². The Morgan fingerprint density at radius 3 is 2.48 bits per heavy atom. The smallest absolute Gasteiger partial charge is 0.316 e. The van der Waals surface area contributed by atoms with Crippen molar-refractivity contribution in [1.29, 1.82) is 0 Å². The minimum atomic E-state index is -0.397. The average Bonchev–Trinajstić information content (AvgIpc) is 2.61. The van der Waals surface area contributed by atoms with Crippen molar-refractivity contribution >= 4 is 23.6 Å². The monoisotopic (exact) mass is 357 g/mol. The summed E-state index contributed by atoms with van der Waals surface area (Å²) in [5.74, 6) is -0.518. The summed E-state index contributed by atoms with van der Waals surface area (Å²) in [7, 11) is 0. The highest BCUT2D eigenvalue weighted by molar-refractivity contribution is 8.00. The summed E-state index contributed by atoms with van der Waals surface area (Å²) in [6, 6.07) is 15.6. The number of esters is 1. The van der Waals surface area contributed by atoms with Crippen LogP contribution in [0.3, 0.4) is 0 Å². The quantitative estimate of drug-likeness (QED) is 0.605. The van der Waals surface area contributed by atoms with E-state index >= 15 is 0 Å². The van der Waals surface area contributed by atoms with Crippen molar-refractivity contribution in [3.05, 3.63) is 65.2 Å². The van der Waals surface area contributed by atoms with E-state index in [0.29, 0.717) is 0 Å². The number of ether oxygens (including phenoxy) is 1. The Balaban J connectivity index is 1.72. The Bertz CT molecular complexity index is 731. The van der Waals surface area contributed by atoms with Crippen molar-refractivity contribution in [1.82, 2.24) is 5.32 Å². The van der Waals surface area contributed by atoms with E-state index in [0.717, 1.165) is 10.5 Å². The molecule has 1 N–H and O–H groups in total. The lowest BCUT2D eigenvalue weighted by Crippen LogP contribution is -2.31. The molecular formula is C20H23NO3S. The Labute approximate surface area is 153 Å². The lowest BCUT2D eigenvalue weighted by Gasteiger charge is -2.14. The first-order valence-corrected chi connectivity index (χ1v) is 9.14. The molecule has 2 aromatic rings. The standard InChI is InChI=1S/C20H23NO3S/c1-14-9-10-18(11-15(14)2)25-13-20(23)24-12-19(22)21-16(3)17-7-5-4-6-8-17/h4-11,16H,12-13H2,1-3H3,(H,21,22)/t16-/m1/s1. The molecule has 0 aliphatic rings. The van der Waals surface area contributed by atoms with Gasteiger partial charge < -0.3 is 10.1 Å². The van der Waals surface area contributed by atoms with Crippen molar-refractivity contribution in [2.24, 2.45) is 0 Å². The number of carbonyl (C=O) groups excluding carboxylic acids is 2. The van der Waals surface area contributed by atoms with Gasteiger partial charge in [-0.1, -0.05) is 36.4 Å². The normalized spacial score (nSPS) is 11.6. The summed E-state index contributed by atoms with van der Waals surface area (Å²) in [6.45, 7) is 5.72. The number of hydrogen-bond acceptors (Lipinski definition) is 4. The molecular weight excluding hydrogens is 334 g/mol. The molecule has 0 aliphatic heterocycles. The lowest BCUT2D eigenvalue weighted by molar-refractivity contribution is -0.146. The van der Waals surface area contributed by atoms with Gasteiger partial charge in [0.2, 0.25) is 0 Å². The van der Waals surface area contributed by atoms with Crippen molar-refractivity contribution < 1.29 is 14.3 Å². The number of aryl methyl sites for hydroxylation is 2. The number of nitrogens with one attached hydrogen (secondary N) is 1. The van der Waals surface area contributed by atoms with E-state index in [1.54, 1.807) is 0 Å². The molecule has 132 valence electrons. The van der Waals surface area contributed by atoms with Gasteiger partial charge in [-0.2, -0.15) is 0 Å². The number of hydrogen-bond donors (Lipinski definition) is 1. The van der Waals surface area contributed by atoms with E-state index in [4.69, 9.17) is 4.74 Å². The Morgan fingerprint density at radius 1 is 1.08 bits per heavy atom. The molecule has 25 heavy (non-hydrogen) atoms. The SMILES string of the molecule is Cc1ccc(SCC(=O)OCC(=O)N[C@H](C)c2ccccc2)cc1C. The van der Waals surface area contributed by atoms with Gasteiger partial charge in [0.15, 0.2) is 6.61 Å².